The number of aromatic nitrogens is 1. The molecule has 126 valence electrons. The quantitative estimate of drug-likeness (QED) is 0.672. The highest BCUT2D eigenvalue weighted by molar-refractivity contribution is 5.78. The second kappa shape index (κ2) is 7.66. The maximum Gasteiger partial charge on any atom is 0.0520 e. The molecular weight excluding hydrogens is 316 g/mol. The molecule has 0 saturated heterocycles. The van der Waals surface area contributed by atoms with Crippen LogP contribution in [0.1, 0.15) is 16.8 Å². The van der Waals surface area contributed by atoms with Crippen LogP contribution in [0.25, 0.3) is 22.8 Å². The Morgan fingerprint density at radius 2 is 1.42 bits per heavy atom. The van der Waals surface area contributed by atoms with Gasteiger partial charge in [0.2, 0.25) is 0 Å². The lowest BCUT2D eigenvalue weighted by molar-refractivity contribution is 1.10. The molecule has 0 spiro atoms. The number of benzene rings is 2. The molecule has 0 saturated carbocycles. The van der Waals surface area contributed by atoms with E-state index < -0.39 is 0 Å². The number of hydrogen-bond donors (Lipinski definition) is 1. The fourth-order valence-electron chi connectivity index (χ4n) is 3.18. The number of allylic oxidation sites excluding steroid dienone is 3. The topological polar surface area (TPSA) is 24.9 Å². The summed E-state index contributed by atoms with van der Waals surface area (Å²) in [5, 5.41) is 3.24. The predicted molar refractivity (Wildman–Crippen MR) is 109 cm³/mol. The van der Waals surface area contributed by atoms with Crippen LogP contribution in [0.4, 0.5) is 0 Å². The Kier molecular flexibility index (Phi) is 4.74. The minimum atomic E-state index is 0.787. The van der Waals surface area contributed by atoms with Crippen molar-refractivity contribution in [2.75, 3.05) is 0 Å². The molecule has 1 aliphatic heterocycles. The van der Waals surface area contributed by atoms with Gasteiger partial charge in [-0.3, -0.25) is 4.98 Å². The highest BCUT2D eigenvalue weighted by Crippen LogP contribution is 2.27. The van der Waals surface area contributed by atoms with Crippen molar-refractivity contribution >= 4 is 11.6 Å². The number of fused-ring (bicyclic) bond motifs is 1. The van der Waals surface area contributed by atoms with Gasteiger partial charge < -0.3 is 5.32 Å². The Morgan fingerprint density at radius 3 is 2.19 bits per heavy atom. The monoisotopic (exact) mass is 336 g/mol. The van der Waals surface area contributed by atoms with E-state index in [0.717, 1.165) is 17.7 Å². The third-order valence-corrected chi connectivity index (χ3v) is 4.49. The van der Waals surface area contributed by atoms with E-state index >= 15 is 0 Å². The molecule has 1 N–H and O–H groups in total. The van der Waals surface area contributed by atoms with Crippen molar-refractivity contribution in [2.45, 2.75) is 6.42 Å². The van der Waals surface area contributed by atoms with Gasteiger partial charge in [-0.05, 0) is 40.5 Å². The van der Waals surface area contributed by atoms with Gasteiger partial charge in [0.15, 0.2) is 0 Å². The van der Waals surface area contributed by atoms with Gasteiger partial charge in [-0.15, -0.1) is 0 Å². The number of nitrogens with one attached hydrogen (secondary N) is 1. The molecule has 0 unspecified atom stereocenters. The van der Waals surface area contributed by atoms with Crippen LogP contribution >= 0.6 is 0 Å². The summed E-state index contributed by atoms with van der Waals surface area (Å²) in [6.45, 7) is 0. The largest absolute Gasteiger partial charge is 0.368 e. The van der Waals surface area contributed by atoms with Gasteiger partial charge in [0.1, 0.15) is 0 Å². The van der Waals surface area contributed by atoms with Gasteiger partial charge in [-0.25, -0.2) is 0 Å². The van der Waals surface area contributed by atoms with Crippen LogP contribution in [0, 0.1) is 0 Å². The maximum absolute atomic E-state index is 4.66. The summed E-state index contributed by atoms with van der Waals surface area (Å²) >= 11 is 0. The molecule has 1 aliphatic rings. The Hall–Kier alpha value is -3.39. The second-order valence-electron chi connectivity index (χ2n) is 6.15. The van der Waals surface area contributed by atoms with Crippen molar-refractivity contribution in [3.8, 4) is 11.1 Å². The predicted octanol–water partition coefficient (Wildman–Crippen LogP) is 5.46. The van der Waals surface area contributed by atoms with Crippen molar-refractivity contribution < 1.29 is 0 Å². The smallest absolute Gasteiger partial charge is 0.0520 e. The SMILES string of the molecule is C1=C\C(c2ccccc2)=C/Cc2nccc(-c3ccccc3)c2/C=C\N/1. The van der Waals surface area contributed by atoms with Crippen LogP contribution in [-0.2, 0) is 6.42 Å². The van der Waals surface area contributed by atoms with E-state index in [4.69, 9.17) is 0 Å². The normalized spacial score (nSPS) is 17.9. The first-order valence-corrected chi connectivity index (χ1v) is 8.80. The average Bonchev–Trinajstić information content (AvgIpc) is 2.72. The van der Waals surface area contributed by atoms with Gasteiger partial charge in [0.25, 0.3) is 0 Å². The van der Waals surface area contributed by atoms with Crippen LogP contribution < -0.4 is 5.32 Å². The summed E-state index contributed by atoms with van der Waals surface area (Å²) in [6, 6.07) is 23.0. The first kappa shape index (κ1) is 16.1. The fraction of sp³-hybridized carbons (Fsp3) is 0.0417. The average molecular weight is 336 g/mol. The van der Waals surface area contributed by atoms with Gasteiger partial charge >= 0.3 is 0 Å². The van der Waals surface area contributed by atoms with Crippen molar-refractivity contribution in [3.05, 3.63) is 114 Å². The number of rotatable bonds is 2. The molecule has 0 fully saturated rings. The molecule has 0 aliphatic carbocycles. The summed E-state index contributed by atoms with van der Waals surface area (Å²) in [5.41, 5.74) is 7.03. The molecule has 1 aromatic heterocycles. The molecule has 0 atom stereocenters. The third kappa shape index (κ3) is 3.50. The van der Waals surface area contributed by atoms with E-state index in [2.05, 4.69) is 83.1 Å². The minimum absolute atomic E-state index is 0.787. The fourth-order valence-corrected chi connectivity index (χ4v) is 3.18. The minimum Gasteiger partial charge on any atom is -0.368 e. The lowest BCUT2D eigenvalue weighted by Gasteiger charge is -2.12. The lowest BCUT2D eigenvalue weighted by atomic mass is 9.96. The molecule has 0 radical (unpaired) electrons. The highest BCUT2D eigenvalue weighted by Gasteiger charge is 2.09. The first-order chi connectivity index (χ1) is 12.9. The zero-order valence-electron chi connectivity index (χ0n) is 14.5. The molecule has 2 nitrogen and oxygen atoms in total. The van der Waals surface area contributed by atoms with Crippen LogP contribution in [0.2, 0.25) is 0 Å². The Morgan fingerprint density at radius 1 is 0.731 bits per heavy atom. The van der Waals surface area contributed by atoms with E-state index in [1.54, 1.807) is 0 Å². The Bertz CT molecular complexity index is 968. The van der Waals surface area contributed by atoms with Crippen molar-refractivity contribution in [1.29, 1.82) is 0 Å². The molecule has 4 rings (SSSR count). The molecule has 0 amide bonds. The van der Waals surface area contributed by atoms with Gasteiger partial charge in [-0.2, -0.15) is 0 Å². The molecule has 2 heterocycles. The van der Waals surface area contributed by atoms with E-state index in [1.165, 1.54) is 22.3 Å². The lowest BCUT2D eigenvalue weighted by Crippen LogP contribution is -2.00. The standard InChI is InChI=1S/C24H20N2/c1-3-7-19(8-4-1)20-11-12-24-23(14-17-25-16-13-20)22(15-18-26-24)21-9-5-2-6-10-21/h1-11,13-18,25H,12H2/b16-13-,17-14-,20-11+. The van der Waals surface area contributed by atoms with Crippen molar-refractivity contribution in [3.63, 3.8) is 0 Å². The van der Waals surface area contributed by atoms with E-state index in [-0.39, 0.29) is 0 Å². The molecule has 26 heavy (non-hydrogen) atoms. The zero-order chi connectivity index (χ0) is 17.6. The summed E-state index contributed by atoms with van der Waals surface area (Å²) < 4.78 is 0. The summed E-state index contributed by atoms with van der Waals surface area (Å²) in [6.07, 6.45) is 13.1. The number of hydrogen-bond acceptors (Lipinski definition) is 2. The zero-order valence-corrected chi connectivity index (χ0v) is 14.5. The third-order valence-electron chi connectivity index (χ3n) is 4.49. The second-order valence-corrected chi connectivity index (χ2v) is 6.15. The van der Waals surface area contributed by atoms with E-state index in [1.807, 2.05) is 30.7 Å². The van der Waals surface area contributed by atoms with Crippen molar-refractivity contribution in [1.82, 2.24) is 10.3 Å². The van der Waals surface area contributed by atoms with Crippen LogP contribution in [-0.4, -0.2) is 4.98 Å². The van der Waals surface area contributed by atoms with E-state index in [9.17, 15) is 0 Å². The summed E-state index contributed by atoms with van der Waals surface area (Å²) in [7, 11) is 0. The molecule has 2 aromatic carbocycles. The Balaban J connectivity index is 1.78. The summed E-state index contributed by atoms with van der Waals surface area (Å²) in [5.74, 6) is 0. The van der Waals surface area contributed by atoms with E-state index in [0.29, 0.717) is 0 Å². The van der Waals surface area contributed by atoms with Gasteiger partial charge in [0.05, 0.1) is 5.69 Å². The van der Waals surface area contributed by atoms with Crippen LogP contribution in [0.3, 0.4) is 0 Å². The van der Waals surface area contributed by atoms with Crippen LogP contribution in [0.5, 0.6) is 0 Å². The molecule has 2 heteroatoms. The number of nitrogens with zero attached hydrogens (tertiary/aromatic N) is 1. The number of pyridine rings is 1. The maximum atomic E-state index is 4.66. The first-order valence-electron chi connectivity index (χ1n) is 8.80. The van der Waals surface area contributed by atoms with Gasteiger partial charge in [0, 0.05) is 30.6 Å². The molecule has 3 aromatic rings. The van der Waals surface area contributed by atoms with Crippen molar-refractivity contribution in [2.24, 2.45) is 0 Å². The molecule has 0 bridgehead atoms. The van der Waals surface area contributed by atoms with Crippen LogP contribution in [0.15, 0.2) is 97.5 Å². The highest BCUT2D eigenvalue weighted by atomic mass is 14.8. The molecular formula is C24H20N2. The Labute approximate surface area is 154 Å². The summed E-state index contributed by atoms with van der Waals surface area (Å²) in [4.78, 5) is 4.66. The van der Waals surface area contributed by atoms with Gasteiger partial charge in [-0.1, -0.05) is 66.7 Å².